The van der Waals surface area contributed by atoms with Crippen molar-refractivity contribution in [3.05, 3.63) is 35.4 Å². The van der Waals surface area contributed by atoms with Crippen LogP contribution in [0, 0.1) is 0 Å². The van der Waals surface area contributed by atoms with Crippen LogP contribution < -0.4 is 10.6 Å². The molecule has 114 valence electrons. The van der Waals surface area contributed by atoms with Gasteiger partial charge in [0.05, 0.1) is 5.56 Å². The molecular weight excluding hydrogens is 274 g/mol. The number of aromatic carboxylic acids is 1. The summed E-state index contributed by atoms with van der Waals surface area (Å²) >= 11 is 0. The molecule has 1 aromatic rings. The van der Waals surface area contributed by atoms with Crippen molar-refractivity contribution in [1.29, 1.82) is 0 Å². The molecule has 3 amide bonds. The zero-order valence-electron chi connectivity index (χ0n) is 12.0. The number of hydrogen-bond acceptors (Lipinski definition) is 3. The summed E-state index contributed by atoms with van der Waals surface area (Å²) in [5, 5.41) is 13.9. The largest absolute Gasteiger partial charge is 0.478 e. The Bertz CT molecular complexity index is 513. The maximum absolute atomic E-state index is 11.9. The highest BCUT2D eigenvalue weighted by Gasteiger charge is 2.14. The number of benzene rings is 1. The average Bonchev–Trinajstić information content (AvgIpc) is 2.50. The second-order valence-corrected chi connectivity index (χ2v) is 4.35. The monoisotopic (exact) mass is 293 g/mol. The molecule has 3 N–H and O–H groups in total. The molecule has 0 aromatic heterocycles. The van der Waals surface area contributed by atoms with Crippen molar-refractivity contribution in [2.75, 3.05) is 20.1 Å². The summed E-state index contributed by atoms with van der Waals surface area (Å²) in [6.07, 6.45) is 0. The van der Waals surface area contributed by atoms with Crippen molar-refractivity contribution < 1.29 is 19.5 Å². The van der Waals surface area contributed by atoms with E-state index in [1.807, 2.05) is 0 Å². The van der Waals surface area contributed by atoms with Gasteiger partial charge >= 0.3 is 12.0 Å². The van der Waals surface area contributed by atoms with Crippen molar-refractivity contribution in [2.24, 2.45) is 0 Å². The molecule has 0 fully saturated rings. The Morgan fingerprint density at radius 1 is 1.19 bits per heavy atom. The minimum atomic E-state index is -0.992. The molecule has 7 heteroatoms. The number of carbonyl (C=O) groups is 3. The van der Waals surface area contributed by atoms with Gasteiger partial charge in [-0.05, 0) is 24.6 Å². The summed E-state index contributed by atoms with van der Waals surface area (Å²) in [5.74, 6) is -1.23. The van der Waals surface area contributed by atoms with Crippen LogP contribution in [0.15, 0.2) is 24.3 Å². The van der Waals surface area contributed by atoms with Crippen molar-refractivity contribution in [3.63, 3.8) is 0 Å². The van der Waals surface area contributed by atoms with Gasteiger partial charge in [-0.25, -0.2) is 9.59 Å². The first kappa shape index (κ1) is 16.5. The van der Waals surface area contributed by atoms with Gasteiger partial charge in [0.2, 0.25) is 5.91 Å². The molecule has 1 rings (SSSR count). The minimum Gasteiger partial charge on any atom is -0.478 e. The number of nitrogens with one attached hydrogen (secondary N) is 2. The predicted octanol–water partition coefficient (Wildman–Crippen LogP) is 0.662. The van der Waals surface area contributed by atoms with Crippen LogP contribution >= 0.6 is 0 Å². The van der Waals surface area contributed by atoms with Crippen LogP contribution in [0.3, 0.4) is 0 Å². The number of carboxylic acids is 1. The first-order chi connectivity index (χ1) is 9.97. The van der Waals surface area contributed by atoms with Crippen molar-refractivity contribution in [3.8, 4) is 0 Å². The topological polar surface area (TPSA) is 98.7 Å². The highest BCUT2D eigenvalue weighted by Crippen LogP contribution is 2.04. The summed E-state index contributed by atoms with van der Waals surface area (Å²) in [7, 11) is 1.51. The Hall–Kier alpha value is -2.57. The SMILES string of the molecule is CCN(CC(=O)NC)C(=O)NCc1ccc(C(=O)O)cc1. The molecule has 0 bridgehead atoms. The summed E-state index contributed by atoms with van der Waals surface area (Å²) in [5.41, 5.74) is 0.976. The molecule has 0 aliphatic carbocycles. The fourth-order valence-electron chi connectivity index (χ4n) is 1.63. The van der Waals surface area contributed by atoms with E-state index in [1.54, 1.807) is 19.1 Å². The Balaban J connectivity index is 2.54. The number of rotatable bonds is 6. The van der Waals surface area contributed by atoms with Crippen LogP contribution in [0.25, 0.3) is 0 Å². The first-order valence-corrected chi connectivity index (χ1v) is 6.53. The van der Waals surface area contributed by atoms with Crippen LogP contribution in [0.4, 0.5) is 4.79 Å². The van der Waals surface area contributed by atoms with E-state index in [0.717, 1.165) is 5.56 Å². The number of urea groups is 1. The van der Waals surface area contributed by atoms with E-state index in [9.17, 15) is 14.4 Å². The average molecular weight is 293 g/mol. The number of carboxylic acid groups (broad SMARTS) is 1. The van der Waals surface area contributed by atoms with Crippen LogP contribution in [0.2, 0.25) is 0 Å². The number of amides is 3. The lowest BCUT2D eigenvalue weighted by Crippen LogP contribution is -2.44. The minimum absolute atomic E-state index is 0.00319. The molecular formula is C14H19N3O4. The van der Waals surface area contributed by atoms with E-state index in [1.165, 1.54) is 24.1 Å². The molecule has 0 saturated carbocycles. The van der Waals surface area contributed by atoms with Gasteiger partial charge in [-0.3, -0.25) is 4.79 Å². The maximum atomic E-state index is 11.9. The van der Waals surface area contributed by atoms with Crippen LogP contribution in [0.5, 0.6) is 0 Å². The van der Waals surface area contributed by atoms with Gasteiger partial charge in [0.15, 0.2) is 0 Å². The molecule has 0 spiro atoms. The second-order valence-electron chi connectivity index (χ2n) is 4.35. The standard InChI is InChI=1S/C14H19N3O4/c1-3-17(9-12(18)15-2)14(21)16-8-10-4-6-11(7-5-10)13(19)20/h4-7H,3,8-9H2,1-2H3,(H,15,18)(H,16,21)(H,19,20). The maximum Gasteiger partial charge on any atom is 0.335 e. The lowest BCUT2D eigenvalue weighted by Gasteiger charge is -2.20. The van der Waals surface area contributed by atoms with Crippen LogP contribution in [-0.2, 0) is 11.3 Å². The normalized spacial score (nSPS) is 9.81. The van der Waals surface area contributed by atoms with Gasteiger partial charge in [0.25, 0.3) is 0 Å². The lowest BCUT2D eigenvalue weighted by atomic mass is 10.1. The molecule has 0 atom stereocenters. The molecule has 0 heterocycles. The van der Waals surface area contributed by atoms with Gasteiger partial charge in [-0.2, -0.15) is 0 Å². The van der Waals surface area contributed by atoms with E-state index in [4.69, 9.17) is 5.11 Å². The van der Waals surface area contributed by atoms with E-state index >= 15 is 0 Å². The third-order valence-electron chi connectivity index (χ3n) is 2.93. The Labute approximate surface area is 122 Å². The zero-order valence-corrected chi connectivity index (χ0v) is 12.0. The first-order valence-electron chi connectivity index (χ1n) is 6.53. The van der Waals surface area contributed by atoms with Crippen LogP contribution in [-0.4, -0.2) is 48.1 Å². The third-order valence-corrected chi connectivity index (χ3v) is 2.93. The summed E-state index contributed by atoms with van der Waals surface area (Å²) in [6, 6.07) is 5.89. The predicted molar refractivity (Wildman–Crippen MR) is 77.0 cm³/mol. The highest BCUT2D eigenvalue weighted by atomic mass is 16.4. The van der Waals surface area contributed by atoms with Gasteiger partial charge < -0.3 is 20.6 Å². The summed E-state index contributed by atoms with van der Waals surface area (Å²) in [4.78, 5) is 35.3. The number of likely N-dealkylation sites (N-methyl/N-ethyl adjacent to an activating group) is 2. The molecule has 21 heavy (non-hydrogen) atoms. The molecule has 0 aliphatic heterocycles. The van der Waals surface area contributed by atoms with Gasteiger partial charge in [-0.1, -0.05) is 12.1 Å². The van der Waals surface area contributed by atoms with E-state index in [-0.39, 0.29) is 30.6 Å². The summed E-state index contributed by atoms with van der Waals surface area (Å²) < 4.78 is 0. The Kier molecular flexibility index (Phi) is 6.19. The fourth-order valence-corrected chi connectivity index (χ4v) is 1.63. The van der Waals surface area contributed by atoms with Gasteiger partial charge in [0.1, 0.15) is 6.54 Å². The molecule has 0 aliphatic rings. The fraction of sp³-hybridized carbons (Fsp3) is 0.357. The second kappa shape index (κ2) is 7.88. The quantitative estimate of drug-likeness (QED) is 0.717. The van der Waals surface area contributed by atoms with Gasteiger partial charge in [-0.15, -0.1) is 0 Å². The number of hydrogen-bond donors (Lipinski definition) is 3. The molecule has 0 saturated heterocycles. The van der Waals surface area contributed by atoms with E-state index in [0.29, 0.717) is 6.54 Å². The van der Waals surface area contributed by atoms with Crippen molar-refractivity contribution in [2.45, 2.75) is 13.5 Å². The lowest BCUT2D eigenvalue weighted by molar-refractivity contribution is -0.121. The highest BCUT2D eigenvalue weighted by molar-refractivity contribution is 5.87. The van der Waals surface area contributed by atoms with Gasteiger partial charge in [0, 0.05) is 20.1 Å². The van der Waals surface area contributed by atoms with Crippen molar-refractivity contribution >= 4 is 17.9 Å². The molecule has 7 nitrogen and oxygen atoms in total. The van der Waals surface area contributed by atoms with E-state index < -0.39 is 5.97 Å². The molecule has 1 aromatic carbocycles. The number of carbonyl (C=O) groups excluding carboxylic acids is 2. The van der Waals surface area contributed by atoms with Crippen LogP contribution in [0.1, 0.15) is 22.8 Å². The number of nitrogens with zero attached hydrogens (tertiary/aromatic N) is 1. The Morgan fingerprint density at radius 3 is 2.29 bits per heavy atom. The smallest absolute Gasteiger partial charge is 0.335 e. The molecule has 0 radical (unpaired) electrons. The zero-order chi connectivity index (χ0) is 15.8. The van der Waals surface area contributed by atoms with Crippen molar-refractivity contribution in [1.82, 2.24) is 15.5 Å². The third kappa shape index (κ3) is 5.13. The summed E-state index contributed by atoms with van der Waals surface area (Å²) in [6.45, 7) is 2.46. The van der Waals surface area contributed by atoms with E-state index in [2.05, 4.69) is 10.6 Å². The molecule has 0 unspecified atom stereocenters. The Morgan fingerprint density at radius 2 is 1.81 bits per heavy atom.